The molecule has 2 aromatic rings. The fourth-order valence-electron chi connectivity index (χ4n) is 5.40. The summed E-state index contributed by atoms with van der Waals surface area (Å²) in [5, 5.41) is 1.94. The van der Waals surface area contributed by atoms with Crippen LogP contribution in [0, 0.1) is 0 Å². The maximum atomic E-state index is 13.1. The predicted molar refractivity (Wildman–Crippen MR) is 118 cm³/mol. The number of rotatable bonds is 3. The first kappa shape index (κ1) is 19.9. The second-order valence-corrected chi connectivity index (χ2v) is 9.82. The molecule has 1 saturated carbocycles. The maximum Gasteiger partial charge on any atom is 0.264 e. The van der Waals surface area contributed by atoms with Crippen LogP contribution in [0.15, 0.2) is 22.3 Å². The number of fused-ring (bicyclic) bond motifs is 1. The smallest absolute Gasteiger partial charge is 0.264 e. The Hall–Kier alpha value is -1.99. The largest absolute Gasteiger partial charge is 0.328 e. The molecule has 1 atom stereocenters. The average Bonchev–Trinajstić information content (AvgIpc) is 3.34. The number of hydrogen-bond donors (Lipinski definition) is 1. The Labute approximate surface area is 181 Å². The summed E-state index contributed by atoms with van der Waals surface area (Å²) in [6, 6.07) is 4.28. The van der Waals surface area contributed by atoms with Crippen LogP contribution in [-0.4, -0.2) is 44.8 Å². The highest BCUT2D eigenvalue weighted by atomic mass is 32.1. The number of nitrogens with zero attached hydrogens (tertiary/aromatic N) is 3. The summed E-state index contributed by atoms with van der Waals surface area (Å²) >= 11 is 1.47. The minimum Gasteiger partial charge on any atom is -0.328 e. The van der Waals surface area contributed by atoms with Gasteiger partial charge in [-0.25, -0.2) is 4.98 Å². The van der Waals surface area contributed by atoms with Crippen LogP contribution in [0.3, 0.4) is 0 Å². The number of nitrogens with one attached hydrogen (secondary N) is 1. The maximum absolute atomic E-state index is 13.1. The first-order chi connectivity index (χ1) is 14.7. The number of carbonyl (C=O) groups is 1. The molecule has 1 aliphatic carbocycles. The van der Waals surface area contributed by atoms with Gasteiger partial charge >= 0.3 is 0 Å². The molecule has 30 heavy (non-hydrogen) atoms. The molecule has 5 rings (SSSR count). The molecule has 2 aromatic heterocycles. The van der Waals surface area contributed by atoms with Crippen molar-refractivity contribution in [3.8, 4) is 0 Å². The van der Waals surface area contributed by atoms with E-state index in [1.807, 2.05) is 22.4 Å². The zero-order valence-electron chi connectivity index (χ0n) is 17.4. The molecule has 0 bridgehead atoms. The van der Waals surface area contributed by atoms with Crippen LogP contribution < -0.4 is 5.56 Å². The Morgan fingerprint density at radius 2 is 1.93 bits per heavy atom. The van der Waals surface area contributed by atoms with Crippen molar-refractivity contribution in [2.75, 3.05) is 13.1 Å². The minimum absolute atomic E-state index is 0.00705. The third kappa shape index (κ3) is 3.85. The van der Waals surface area contributed by atoms with Gasteiger partial charge in [0.25, 0.3) is 11.5 Å². The number of hydrogen-bond acceptors (Lipinski definition) is 5. The first-order valence-corrected chi connectivity index (χ1v) is 12.3. The lowest BCUT2D eigenvalue weighted by Crippen LogP contribution is -2.44. The van der Waals surface area contributed by atoms with Crippen LogP contribution >= 0.6 is 11.3 Å². The van der Waals surface area contributed by atoms with Gasteiger partial charge < -0.3 is 9.88 Å². The van der Waals surface area contributed by atoms with Gasteiger partial charge in [0.1, 0.15) is 5.82 Å². The minimum atomic E-state index is -0.142. The van der Waals surface area contributed by atoms with E-state index in [1.54, 1.807) is 0 Å². The van der Waals surface area contributed by atoms with E-state index in [2.05, 4.69) is 9.88 Å². The monoisotopic (exact) mass is 426 g/mol. The number of amides is 1. The van der Waals surface area contributed by atoms with E-state index in [0.717, 1.165) is 61.5 Å². The van der Waals surface area contributed by atoms with Gasteiger partial charge in [-0.3, -0.25) is 14.5 Å². The summed E-state index contributed by atoms with van der Waals surface area (Å²) in [7, 11) is 0. The number of likely N-dealkylation sites (tertiary alicyclic amines) is 1. The molecule has 1 N–H and O–H groups in total. The van der Waals surface area contributed by atoms with Crippen molar-refractivity contribution in [1.82, 2.24) is 19.8 Å². The lowest BCUT2D eigenvalue weighted by molar-refractivity contribution is 0.0603. The summed E-state index contributed by atoms with van der Waals surface area (Å²) in [5.74, 6) is 0.729. The zero-order valence-corrected chi connectivity index (χ0v) is 18.3. The molecule has 1 amide bonds. The summed E-state index contributed by atoms with van der Waals surface area (Å²) < 4.78 is 0. The van der Waals surface area contributed by atoms with Crippen LogP contribution in [-0.2, 0) is 13.0 Å². The van der Waals surface area contributed by atoms with E-state index < -0.39 is 0 Å². The Kier molecular flexibility index (Phi) is 5.74. The number of aromatic nitrogens is 2. The van der Waals surface area contributed by atoms with E-state index in [4.69, 9.17) is 4.98 Å². The molecular weight excluding hydrogens is 396 g/mol. The molecule has 0 unspecified atom stereocenters. The molecule has 6 nitrogen and oxygen atoms in total. The van der Waals surface area contributed by atoms with Crippen molar-refractivity contribution in [1.29, 1.82) is 0 Å². The van der Waals surface area contributed by atoms with Gasteiger partial charge in [0, 0.05) is 31.2 Å². The van der Waals surface area contributed by atoms with Crippen LogP contribution in [0.5, 0.6) is 0 Å². The Balaban J connectivity index is 1.42. The van der Waals surface area contributed by atoms with E-state index in [-0.39, 0.29) is 17.5 Å². The molecular formula is C23H30N4O2S. The standard InChI is InChI=1S/C23H30N4O2S/c28-22-17-11-13-26(16-7-2-1-3-8-16)15-18(17)24-21(25-22)19-9-4-5-12-27(19)23(29)20-10-6-14-30-20/h6,10,14,16,19H,1-5,7-9,11-13,15H2,(H,24,25,28)/t19-/m0/s1. The number of H-pyrrole nitrogens is 1. The van der Waals surface area contributed by atoms with Crippen molar-refractivity contribution in [2.45, 2.75) is 76.4 Å². The Morgan fingerprint density at radius 1 is 1.10 bits per heavy atom. The van der Waals surface area contributed by atoms with E-state index in [9.17, 15) is 9.59 Å². The van der Waals surface area contributed by atoms with Gasteiger partial charge in [0.15, 0.2) is 0 Å². The molecule has 0 aromatic carbocycles. The molecule has 3 aliphatic rings. The molecule has 0 radical (unpaired) electrons. The van der Waals surface area contributed by atoms with Crippen LogP contribution in [0.2, 0.25) is 0 Å². The third-order valence-corrected chi connectivity index (χ3v) is 7.88. The second kappa shape index (κ2) is 8.63. The van der Waals surface area contributed by atoms with Crippen molar-refractivity contribution < 1.29 is 4.79 Å². The molecule has 2 aliphatic heterocycles. The molecule has 0 spiro atoms. The third-order valence-electron chi connectivity index (χ3n) is 7.02. The Morgan fingerprint density at radius 3 is 2.73 bits per heavy atom. The van der Waals surface area contributed by atoms with Gasteiger partial charge in [-0.15, -0.1) is 11.3 Å². The highest BCUT2D eigenvalue weighted by Gasteiger charge is 2.33. The number of piperidine rings is 1. The van der Waals surface area contributed by atoms with Crippen molar-refractivity contribution in [2.24, 2.45) is 0 Å². The van der Waals surface area contributed by atoms with Crippen LogP contribution in [0.1, 0.15) is 84.2 Å². The van der Waals surface area contributed by atoms with E-state index >= 15 is 0 Å². The normalized spacial score (nSPS) is 23.3. The van der Waals surface area contributed by atoms with Crippen LogP contribution in [0.25, 0.3) is 0 Å². The number of carbonyl (C=O) groups excluding carboxylic acids is 1. The van der Waals surface area contributed by atoms with Gasteiger partial charge in [-0.2, -0.15) is 0 Å². The molecule has 7 heteroatoms. The topological polar surface area (TPSA) is 69.3 Å². The van der Waals surface area contributed by atoms with Crippen LogP contribution in [0.4, 0.5) is 0 Å². The van der Waals surface area contributed by atoms with Crippen molar-refractivity contribution in [3.63, 3.8) is 0 Å². The molecule has 1 saturated heterocycles. The molecule has 160 valence electrons. The summed E-state index contributed by atoms with van der Waals surface area (Å²) in [5.41, 5.74) is 1.77. The fraction of sp³-hybridized carbons (Fsp3) is 0.609. The number of aromatic amines is 1. The van der Waals surface area contributed by atoms with E-state index in [1.165, 1.54) is 43.4 Å². The second-order valence-electron chi connectivity index (χ2n) is 8.88. The first-order valence-electron chi connectivity index (χ1n) is 11.4. The van der Waals surface area contributed by atoms with Crippen molar-refractivity contribution >= 4 is 17.2 Å². The number of thiophene rings is 1. The summed E-state index contributed by atoms with van der Waals surface area (Å²) in [4.78, 5) is 39.2. The predicted octanol–water partition coefficient (Wildman–Crippen LogP) is 3.89. The SMILES string of the molecule is O=C(c1cccs1)N1CCCC[C@H]1c1nc2c(c(=O)[nH]1)CCN(C1CCCCC1)C2. The molecule has 4 heterocycles. The van der Waals surface area contributed by atoms with Gasteiger partial charge in [-0.05, 0) is 50.0 Å². The lowest BCUT2D eigenvalue weighted by Gasteiger charge is -2.38. The summed E-state index contributed by atoms with van der Waals surface area (Å²) in [6.45, 7) is 2.44. The van der Waals surface area contributed by atoms with Gasteiger partial charge in [-0.1, -0.05) is 25.3 Å². The highest BCUT2D eigenvalue weighted by molar-refractivity contribution is 7.12. The summed E-state index contributed by atoms with van der Waals surface area (Å²) in [6.07, 6.45) is 10.2. The van der Waals surface area contributed by atoms with Crippen molar-refractivity contribution in [3.05, 3.63) is 49.8 Å². The van der Waals surface area contributed by atoms with E-state index in [0.29, 0.717) is 11.9 Å². The fourth-order valence-corrected chi connectivity index (χ4v) is 6.07. The molecule has 2 fully saturated rings. The zero-order chi connectivity index (χ0) is 20.5. The average molecular weight is 427 g/mol. The quantitative estimate of drug-likeness (QED) is 0.808. The van der Waals surface area contributed by atoms with Gasteiger partial charge in [0.05, 0.1) is 16.6 Å². The van der Waals surface area contributed by atoms with Gasteiger partial charge in [0.2, 0.25) is 0 Å². The highest BCUT2D eigenvalue weighted by Crippen LogP contribution is 2.32. The lowest BCUT2D eigenvalue weighted by atomic mass is 9.92. The Bertz CT molecular complexity index is 949.